The molecule has 6 heteroatoms. The van der Waals surface area contributed by atoms with Crippen molar-refractivity contribution in [3.8, 4) is 0 Å². The third-order valence-electron chi connectivity index (χ3n) is 4.61. The highest BCUT2D eigenvalue weighted by Crippen LogP contribution is 2.27. The zero-order chi connectivity index (χ0) is 16.8. The number of hydrogen-bond donors (Lipinski definition) is 2. The van der Waals surface area contributed by atoms with Crippen molar-refractivity contribution >= 4 is 29.9 Å². The van der Waals surface area contributed by atoms with Crippen LogP contribution in [-0.2, 0) is 4.79 Å². The molecule has 3 N–H and O–H groups in total. The minimum Gasteiger partial charge on any atom is -0.339 e. The average Bonchev–Trinajstić information content (AvgIpc) is 2.93. The molecule has 0 unspecified atom stereocenters. The van der Waals surface area contributed by atoms with Gasteiger partial charge in [-0.25, -0.2) is 0 Å². The lowest BCUT2D eigenvalue weighted by Crippen LogP contribution is -2.30. The molecule has 2 atom stereocenters. The summed E-state index contributed by atoms with van der Waals surface area (Å²) < 4.78 is 0. The van der Waals surface area contributed by atoms with E-state index in [9.17, 15) is 9.59 Å². The van der Waals surface area contributed by atoms with Crippen LogP contribution in [0.3, 0.4) is 0 Å². The molecule has 5 nitrogen and oxygen atoms in total. The van der Waals surface area contributed by atoms with E-state index in [2.05, 4.69) is 5.32 Å². The molecule has 1 aliphatic rings. The fourth-order valence-electron chi connectivity index (χ4n) is 3.19. The summed E-state index contributed by atoms with van der Waals surface area (Å²) in [7, 11) is 0. The van der Waals surface area contributed by atoms with Crippen LogP contribution in [0.15, 0.2) is 24.3 Å². The first-order chi connectivity index (χ1) is 11.0. The van der Waals surface area contributed by atoms with Crippen molar-refractivity contribution in [2.45, 2.75) is 45.6 Å². The number of carbonyl (C=O) groups excluding carboxylic acids is 2. The topological polar surface area (TPSA) is 75.4 Å². The normalized spacial score (nSPS) is 19.5. The van der Waals surface area contributed by atoms with Gasteiger partial charge in [-0.15, -0.1) is 12.4 Å². The summed E-state index contributed by atoms with van der Waals surface area (Å²) in [5.41, 5.74) is 7.29. The van der Waals surface area contributed by atoms with Crippen LogP contribution in [0.5, 0.6) is 0 Å². The van der Waals surface area contributed by atoms with Crippen molar-refractivity contribution in [2.75, 3.05) is 18.4 Å². The van der Waals surface area contributed by atoms with Crippen LogP contribution in [0.2, 0.25) is 0 Å². The van der Waals surface area contributed by atoms with Gasteiger partial charge in [0.2, 0.25) is 5.91 Å². The number of benzene rings is 1. The Balaban J connectivity index is 0.00000288. The first kappa shape index (κ1) is 20.5. The lowest BCUT2D eigenvalue weighted by atomic mass is 10.00. The molecule has 1 aromatic carbocycles. The van der Waals surface area contributed by atoms with Crippen LogP contribution >= 0.6 is 12.4 Å². The van der Waals surface area contributed by atoms with E-state index in [1.165, 1.54) is 0 Å². The third-order valence-corrected chi connectivity index (χ3v) is 4.61. The molecule has 0 saturated heterocycles. The van der Waals surface area contributed by atoms with Crippen LogP contribution in [0.1, 0.15) is 49.9 Å². The third kappa shape index (κ3) is 5.21. The van der Waals surface area contributed by atoms with E-state index in [-0.39, 0.29) is 36.2 Å². The van der Waals surface area contributed by atoms with E-state index in [4.69, 9.17) is 5.73 Å². The summed E-state index contributed by atoms with van der Waals surface area (Å²) in [5, 5.41) is 2.89. The first-order valence-corrected chi connectivity index (χ1v) is 8.49. The van der Waals surface area contributed by atoms with Gasteiger partial charge < -0.3 is 16.0 Å². The number of rotatable bonds is 6. The Kier molecular flexibility index (Phi) is 8.22. The predicted molar refractivity (Wildman–Crippen MR) is 99.5 cm³/mol. The molecule has 1 saturated carbocycles. The summed E-state index contributed by atoms with van der Waals surface area (Å²) in [4.78, 5) is 26.3. The number of carbonyl (C=O) groups is 2. The van der Waals surface area contributed by atoms with Gasteiger partial charge in [0.05, 0.1) is 0 Å². The standard InChI is InChI=1S/C18H27N3O2.ClH/c1-3-21(4-2)18(23)14-8-5-9-15(11-14)20-17(22)12-13-7-6-10-16(13)19;/h5,8-9,11,13,16H,3-4,6-7,10,12,19H2,1-2H3,(H,20,22);1H/t13-,16+;/m0./s1. The fourth-order valence-corrected chi connectivity index (χ4v) is 3.19. The number of halogens is 1. The van der Waals surface area contributed by atoms with Crippen molar-refractivity contribution in [1.82, 2.24) is 4.90 Å². The summed E-state index contributed by atoms with van der Waals surface area (Å²) >= 11 is 0. The molecule has 2 rings (SSSR count). The van der Waals surface area contributed by atoms with E-state index in [0.29, 0.717) is 30.8 Å². The molecule has 24 heavy (non-hydrogen) atoms. The van der Waals surface area contributed by atoms with E-state index in [1.807, 2.05) is 19.9 Å². The Morgan fingerprint density at radius 1 is 1.25 bits per heavy atom. The van der Waals surface area contributed by atoms with Crippen LogP contribution in [0, 0.1) is 5.92 Å². The van der Waals surface area contributed by atoms with E-state index in [0.717, 1.165) is 19.3 Å². The van der Waals surface area contributed by atoms with Gasteiger partial charge in [0.1, 0.15) is 0 Å². The van der Waals surface area contributed by atoms with Crippen molar-refractivity contribution in [3.05, 3.63) is 29.8 Å². The Hall–Kier alpha value is -1.59. The van der Waals surface area contributed by atoms with Gasteiger partial charge in [0, 0.05) is 36.8 Å². The van der Waals surface area contributed by atoms with Gasteiger partial charge in [0.15, 0.2) is 0 Å². The minimum atomic E-state index is -0.0280. The molecule has 0 radical (unpaired) electrons. The van der Waals surface area contributed by atoms with Crippen molar-refractivity contribution < 1.29 is 9.59 Å². The molecular weight excluding hydrogens is 326 g/mol. The summed E-state index contributed by atoms with van der Waals surface area (Å²) in [6.07, 6.45) is 3.59. The zero-order valence-electron chi connectivity index (χ0n) is 14.5. The summed E-state index contributed by atoms with van der Waals surface area (Å²) in [5.74, 6) is 0.235. The monoisotopic (exact) mass is 353 g/mol. The van der Waals surface area contributed by atoms with Crippen molar-refractivity contribution in [1.29, 1.82) is 0 Å². The van der Waals surface area contributed by atoms with Crippen molar-refractivity contribution in [2.24, 2.45) is 11.7 Å². The maximum atomic E-state index is 12.4. The Morgan fingerprint density at radius 3 is 2.54 bits per heavy atom. The van der Waals surface area contributed by atoms with Gasteiger partial charge in [-0.05, 0) is 50.8 Å². The average molecular weight is 354 g/mol. The number of nitrogens with one attached hydrogen (secondary N) is 1. The largest absolute Gasteiger partial charge is 0.339 e. The quantitative estimate of drug-likeness (QED) is 0.825. The Labute approximate surface area is 150 Å². The maximum Gasteiger partial charge on any atom is 0.253 e. The number of nitrogens with two attached hydrogens (primary N) is 1. The molecule has 0 heterocycles. The van der Waals surface area contributed by atoms with Gasteiger partial charge >= 0.3 is 0 Å². The van der Waals surface area contributed by atoms with Crippen LogP contribution in [0.4, 0.5) is 5.69 Å². The highest BCUT2D eigenvalue weighted by atomic mass is 35.5. The second-order valence-corrected chi connectivity index (χ2v) is 6.17. The van der Waals surface area contributed by atoms with E-state index < -0.39 is 0 Å². The van der Waals surface area contributed by atoms with Gasteiger partial charge in [-0.1, -0.05) is 12.5 Å². The second kappa shape index (κ2) is 9.64. The lowest BCUT2D eigenvalue weighted by Gasteiger charge is -2.19. The minimum absolute atomic E-state index is 0. The molecule has 0 spiro atoms. The second-order valence-electron chi connectivity index (χ2n) is 6.17. The molecular formula is C18H28ClN3O2. The van der Waals surface area contributed by atoms with Crippen molar-refractivity contribution in [3.63, 3.8) is 0 Å². The predicted octanol–water partition coefficient (Wildman–Crippen LogP) is 3.05. The lowest BCUT2D eigenvalue weighted by molar-refractivity contribution is -0.117. The van der Waals surface area contributed by atoms with Gasteiger partial charge in [-0.2, -0.15) is 0 Å². The first-order valence-electron chi connectivity index (χ1n) is 8.49. The Morgan fingerprint density at radius 2 is 1.96 bits per heavy atom. The maximum absolute atomic E-state index is 12.4. The summed E-state index contributed by atoms with van der Waals surface area (Å²) in [6, 6.07) is 7.27. The van der Waals surface area contributed by atoms with Gasteiger partial charge in [0.25, 0.3) is 5.91 Å². The zero-order valence-corrected chi connectivity index (χ0v) is 15.3. The molecule has 2 amide bonds. The molecule has 1 aliphatic carbocycles. The smallest absolute Gasteiger partial charge is 0.253 e. The molecule has 1 fully saturated rings. The highest BCUT2D eigenvalue weighted by molar-refractivity contribution is 5.97. The number of anilines is 1. The van der Waals surface area contributed by atoms with Crippen LogP contribution < -0.4 is 11.1 Å². The molecule has 0 aliphatic heterocycles. The molecule has 0 bridgehead atoms. The number of hydrogen-bond acceptors (Lipinski definition) is 3. The fraction of sp³-hybridized carbons (Fsp3) is 0.556. The summed E-state index contributed by atoms with van der Waals surface area (Å²) in [6.45, 7) is 5.26. The van der Waals surface area contributed by atoms with E-state index in [1.54, 1.807) is 23.1 Å². The SMILES string of the molecule is CCN(CC)C(=O)c1cccc(NC(=O)C[C@@H]2CCC[C@H]2N)c1.Cl. The number of nitrogens with zero attached hydrogens (tertiary/aromatic N) is 1. The molecule has 0 aromatic heterocycles. The molecule has 1 aromatic rings. The van der Waals surface area contributed by atoms with Gasteiger partial charge in [-0.3, -0.25) is 9.59 Å². The van der Waals surface area contributed by atoms with Crippen LogP contribution in [0.25, 0.3) is 0 Å². The molecule has 134 valence electrons. The number of amides is 2. The van der Waals surface area contributed by atoms with Crippen LogP contribution in [-0.4, -0.2) is 35.8 Å². The Bertz CT molecular complexity index is 561. The highest BCUT2D eigenvalue weighted by Gasteiger charge is 2.26. The van der Waals surface area contributed by atoms with E-state index >= 15 is 0 Å².